The summed E-state index contributed by atoms with van der Waals surface area (Å²) < 4.78 is 5.09. The molecule has 68 valence electrons. The Labute approximate surface area is 72.4 Å². The molecule has 0 saturated heterocycles. The molecule has 0 amide bonds. The van der Waals surface area contributed by atoms with E-state index in [1.165, 1.54) is 0 Å². The van der Waals surface area contributed by atoms with Gasteiger partial charge < -0.3 is 9.63 Å². The lowest BCUT2D eigenvalue weighted by Gasteiger charge is -2.01. The summed E-state index contributed by atoms with van der Waals surface area (Å²) in [5.41, 5.74) is 1.12. The van der Waals surface area contributed by atoms with E-state index in [1.807, 2.05) is 0 Å². The predicted molar refractivity (Wildman–Crippen MR) is 46.0 cm³/mol. The van der Waals surface area contributed by atoms with Crippen LogP contribution in [0.3, 0.4) is 0 Å². The molecule has 0 fully saturated rings. The van der Waals surface area contributed by atoms with Gasteiger partial charge in [-0.3, -0.25) is 0 Å². The van der Waals surface area contributed by atoms with Gasteiger partial charge in [0.2, 0.25) is 0 Å². The summed E-state index contributed by atoms with van der Waals surface area (Å²) in [4.78, 5) is 0. The lowest BCUT2D eigenvalue weighted by Crippen LogP contribution is -1.93. The van der Waals surface area contributed by atoms with Crippen molar-refractivity contribution in [1.29, 1.82) is 0 Å². The van der Waals surface area contributed by atoms with Crippen LogP contribution in [0.1, 0.15) is 37.5 Å². The molecule has 0 unspecified atom stereocenters. The van der Waals surface area contributed by atoms with E-state index >= 15 is 0 Å². The third kappa shape index (κ3) is 2.08. The zero-order valence-electron chi connectivity index (χ0n) is 7.58. The smallest absolute Gasteiger partial charge is 0.142 e. The van der Waals surface area contributed by atoms with Gasteiger partial charge in [-0.1, -0.05) is 19.0 Å². The van der Waals surface area contributed by atoms with Gasteiger partial charge in [-0.15, -0.1) is 0 Å². The highest BCUT2D eigenvalue weighted by Gasteiger charge is 2.10. The first-order chi connectivity index (χ1) is 5.75. The van der Waals surface area contributed by atoms with Crippen molar-refractivity contribution in [2.24, 2.45) is 0 Å². The maximum absolute atomic E-state index is 8.64. The predicted octanol–water partition coefficient (Wildman–Crippen LogP) is 1.72. The molecule has 0 saturated carbocycles. The van der Waals surface area contributed by atoms with E-state index in [0.717, 1.165) is 24.2 Å². The molecule has 0 aromatic carbocycles. The SMILES string of the molecule is CC(C)c1oncc1CCCO. The van der Waals surface area contributed by atoms with E-state index in [0.29, 0.717) is 5.92 Å². The van der Waals surface area contributed by atoms with Crippen LogP contribution in [-0.2, 0) is 6.42 Å². The van der Waals surface area contributed by atoms with Crippen LogP contribution >= 0.6 is 0 Å². The topological polar surface area (TPSA) is 46.3 Å². The lowest BCUT2D eigenvalue weighted by atomic mass is 10.0. The normalized spacial score (nSPS) is 11.0. The molecule has 0 aliphatic carbocycles. The van der Waals surface area contributed by atoms with Gasteiger partial charge in [0.05, 0.1) is 6.20 Å². The Kier molecular flexibility index (Phi) is 3.29. The van der Waals surface area contributed by atoms with E-state index in [1.54, 1.807) is 6.20 Å². The van der Waals surface area contributed by atoms with Crippen LogP contribution in [0.25, 0.3) is 0 Å². The van der Waals surface area contributed by atoms with Crippen LogP contribution in [0.2, 0.25) is 0 Å². The van der Waals surface area contributed by atoms with Crippen molar-refractivity contribution in [2.45, 2.75) is 32.6 Å². The van der Waals surface area contributed by atoms with Crippen molar-refractivity contribution in [3.05, 3.63) is 17.5 Å². The van der Waals surface area contributed by atoms with Crippen LogP contribution in [0.15, 0.2) is 10.7 Å². The molecular weight excluding hydrogens is 154 g/mol. The van der Waals surface area contributed by atoms with Gasteiger partial charge in [0.1, 0.15) is 5.76 Å². The van der Waals surface area contributed by atoms with E-state index in [9.17, 15) is 0 Å². The first kappa shape index (κ1) is 9.26. The number of rotatable bonds is 4. The van der Waals surface area contributed by atoms with Gasteiger partial charge in [0.25, 0.3) is 0 Å². The van der Waals surface area contributed by atoms with Gasteiger partial charge >= 0.3 is 0 Å². The zero-order valence-corrected chi connectivity index (χ0v) is 7.58. The van der Waals surface area contributed by atoms with Crippen LogP contribution in [0.4, 0.5) is 0 Å². The molecule has 3 nitrogen and oxygen atoms in total. The van der Waals surface area contributed by atoms with E-state index in [-0.39, 0.29) is 6.61 Å². The fraction of sp³-hybridized carbons (Fsp3) is 0.667. The molecule has 1 aromatic heterocycles. The fourth-order valence-corrected chi connectivity index (χ4v) is 1.20. The van der Waals surface area contributed by atoms with Gasteiger partial charge in [0, 0.05) is 18.1 Å². The average Bonchev–Trinajstić information content (AvgIpc) is 2.48. The quantitative estimate of drug-likeness (QED) is 0.746. The van der Waals surface area contributed by atoms with E-state index < -0.39 is 0 Å². The van der Waals surface area contributed by atoms with Gasteiger partial charge in [-0.25, -0.2) is 0 Å². The molecular formula is C9H15NO2. The molecule has 3 heteroatoms. The molecule has 0 spiro atoms. The number of aromatic nitrogens is 1. The Morgan fingerprint density at radius 3 is 2.92 bits per heavy atom. The summed E-state index contributed by atoms with van der Waals surface area (Å²) in [5.74, 6) is 1.32. The minimum atomic E-state index is 0.225. The van der Waals surface area contributed by atoms with E-state index in [2.05, 4.69) is 19.0 Å². The molecule has 0 bridgehead atoms. The third-order valence-corrected chi connectivity index (χ3v) is 1.80. The van der Waals surface area contributed by atoms with Crippen molar-refractivity contribution in [3.8, 4) is 0 Å². The first-order valence-electron chi connectivity index (χ1n) is 4.30. The van der Waals surface area contributed by atoms with Crippen molar-refractivity contribution in [3.63, 3.8) is 0 Å². The molecule has 1 heterocycles. The largest absolute Gasteiger partial charge is 0.396 e. The minimum Gasteiger partial charge on any atom is -0.396 e. The Hall–Kier alpha value is -0.830. The molecule has 0 aliphatic rings. The third-order valence-electron chi connectivity index (χ3n) is 1.80. The van der Waals surface area contributed by atoms with Crippen molar-refractivity contribution in [2.75, 3.05) is 6.61 Å². The zero-order chi connectivity index (χ0) is 8.97. The Bertz CT molecular complexity index is 230. The molecule has 0 atom stereocenters. The molecule has 1 N–H and O–H groups in total. The number of aliphatic hydroxyl groups is 1. The second kappa shape index (κ2) is 4.26. The summed E-state index contributed by atoms with van der Waals surface area (Å²) in [6.45, 7) is 4.37. The van der Waals surface area contributed by atoms with Gasteiger partial charge in [-0.05, 0) is 12.8 Å². The molecule has 0 radical (unpaired) electrons. The molecule has 1 rings (SSSR count). The Balaban J connectivity index is 2.64. The van der Waals surface area contributed by atoms with Crippen LogP contribution < -0.4 is 0 Å². The molecule has 0 aliphatic heterocycles. The second-order valence-corrected chi connectivity index (χ2v) is 3.20. The van der Waals surface area contributed by atoms with Crippen molar-refractivity contribution in [1.82, 2.24) is 5.16 Å². The number of nitrogens with zero attached hydrogens (tertiary/aromatic N) is 1. The van der Waals surface area contributed by atoms with Gasteiger partial charge in [0.15, 0.2) is 0 Å². The maximum atomic E-state index is 8.64. The first-order valence-corrected chi connectivity index (χ1v) is 4.30. The number of hydrogen-bond donors (Lipinski definition) is 1. The molecule has 12 heavy (non-hydrogen) atoms. The number of aliphatic hydroxyl groups excluding tert-OH is 1. The van der Waals surface area contributed by atoms with Crippen LogP contribution in [0, 0.1) is 0 Å². The highest BCUT2D eigenvalue weighted by Crippen LogP contribution is 2.19. The van der Waals surface area contributed by atoms with Crippen molar-refractivity contribution < 1.29 is 9.63 Å². The van der Waals surface area contributed by atoms with Gasteiger partial charge in [-0.2, -0.15) is 0 Å². The average molecular weight is 169 g/mol. The summed E-state index contributed by atoms with van der Waals surface area (Å²) in [7, 11) is 0. The maximum Gasteiger partial charge on any atom is 0.142 e. The summed E-state index contributed by atoms with van der Waals surface area (Å²) >= 11 is 0. The standard InChI is InChI=1S/C9H15NO2/c1-7(2)9-8(4-3-5-11)6-10-12-9/h6-7,11H,3-5H2,1-2H3. The number of hydrogen-bond acceptors (Lipinski definition) is 3. The molecule has 1 aromatic rings. The fourth-order valence-electron chi connectivity index (χ4n) is 1.20. The summed E-state index contributed by atoms with van der Waals surface area (Å²) in [6.07, 6.45) is 3.37. The Morgan fingerprint density at radius 2 is 2.33 bits per heavy atom. The second-order valence-electron chi connectivity index (χ2n) is 3.20. The van der Waals surface area contributed by atoms with Crippen molar-refractivity contribution >= 4 is 0 Å². The van der Waals surface area contributed by atoms with Crippen LogP contribution in [-0.4, -0.2) is 16.9 Å². The van der Waals surface area contributed by atoms with Crippen LogP contribution in [0.5, 0.6) is 0 Å². The minimum absolute atomic E-state index is 0.225. The van der Waals surface area contributed by atoms with E-state index in [4.69, 9.17) is 9.63 Å². The summed E-state index contributed by atoms with van der Waals surface area (Å²) in [6, 6.07) is 0. The highest BCUT2D eigenvalue weighted by atomic mass is 16.5. The monoisotopic (exact) mass is 169 g/mol. The highest BCUT2D eigenvalue weighted by molar-refractivity contribution is 5.16. The lowest BCUT2D eigenvalue weighted by molar-refractivity contribution is 0.288. The number of aryl methyl sites for hydroxylation is 1. The summed E-state index contributed by atoms with van der Waals surface area (Å²) in [5, 5.41) is 12.4. The Morgan fingerprint density at radius 1 is 1.58 bits per heavy atom.